The first-order valence-corrected chi connectivity index (χ1v) is 9.91. The molecule has 0 spiro atoms. The first kappa shape index (κ1) is 18.2. The number of thiophene rings is 1. The SMILES string of the molecule is O=C(/C=C/c1ccc(Cl)cc1)NCC1CCN(Cc2cccs2)CC1. The van der Waals surface area contributed by atoms with Crippen LogP contribution in [0.25, 0.3) is 6.08 Å². The van der Waals surface area contributed by atoms with Crippen molar-refractivity contribution in [2.24, 2.45) is 5.92 Å². The normalized spacial score (nSPS) is 16.4. The van der Waals surface area contributed by atoms with E-state index in [9.17, 15) is 4.79 Å². The van der Waals surface area contributed by atoms with Crippen molar-refractivity contribution in [3.63, 3.8) is 0 Å². The molecule has 1 N–H and O–H groups in total. The number of benzene rings is 1. The quantitative estimate of drug-likeness (QED) is 0.758. The average molecular weight is 375 g/mol. The molecule has 25 heavy (non-hydrogen) atoms. The average Bonchev–Trinajstić information content (AvgIpc) is 3.14. The minimum Gasteiger partial charge on any atom is -0.352 e. The van der Waals surface area contributed by atoms with Gasteiger partial charge in [0.2, 0.25) is 5.91 Å². The summed E-state index contributed by atoms with van der Waals surface area (Å²) in [5.74, 6) is 0.545. The van der Waals surface area contributed by atoms with Gasteiger partial charge in [-0.25, -0.2) is 0 Å². The first-order valence-electron chi connectivity index (χ1n) is 8.65. The van der Waals surface area contributed by atoms with Gasteiger partial charge >= 0.3 is 0 Å². The van der Waals surface area contributed by atoms with Gasteiger partial charge in [-0.2, -0.15) is 0 Å². The molecule has 1 saturated heterocycles. The number of hydrogen-bond donors (Lipinski definition) is 1. The van der Waals surface area contributed by atoms with Gasteiger partial charge in [-0.1, -0.05) is 29.8 Å². The van der Waals surface area contributed by atoms with Crippen LogP contribution in [0, 0.1) is 5.92 Å². The maximum atomic E-state index is 12.0. The molecule has 3 nitrogen and oxygen atoms in total. The van der Waals surface area contributed by atoms with E-state index in [0.717, 1.165) is 44.6 Å². The molecule has 0 bridgehead atoms. The minimum absolute atomic E-state index is 0.0315. The number of likely N-dealkylation sites (tertiary alicyclic amines) is 1. The molecule has 1 amide bonds. The maximum Gasteiger partial charge on any atom is 0.244 e. The minimum atomic E-state index is -0.0315. The van der Waals surface area contributed by atoms with Crippen molar-refractivity contribution in [3.05, 3.63) is 63.3 Å². The van der Waals surface area contributed by atoms with Crippen LogP contribution in [0.2, 0.25) is 5.02 Å². The van der Waals surface area contributed by atoms with Crippen LogP contribution in [0.15, 0.2) is 47.9 Å². The fourth-order valence-corrected chi connectivity index (χ4v) is 3.89. The fourth-order valence-electron chi connectivity index (χ4n) is 3.02. The highest BCUT2D eigenvalue weighted by Gasteiger charge is 2.19. The van der Waals surface area contributed by atoms with E-state index in [1.165, 1.54) is 4.88 Å². The third kappa shape index (κ3) is 5.99. The summed E-state index contributed by atoms with van der Waals surface area (Å²) in [6.07, 6.45) is 5.70. The molecule has 0 atom stereocenters. The standard InChI is InChI=1S/C20H23ClN2OS/c21-18-6-3-16(4-7-18)5-8-20(24)22-14-17-9-11-23(12-10-17)15-19-2-1-13-25-19/h1-8,13,17H,9-12,14-15H2,(H,22,24)/b8-5+. The Hall–Kier alpha value is -1.62. The number of rotatable bonds is 6. The number of halogens is 1. The molecular weight excluding hydrogens is 352 g/mol. The summed E-state index contributed by atoms with van der Waals surface area (Å²) in [6.45, 7) is 4.04. The lowest BCUT2D eigenvalue weighted by Gasteiger charge is -2.31. The number of hydrogen-bond acceptors (Lipinski definition) is 3. The second-order valence-corrected chi connectivity index (χ2v) is 7.90. The topological polar surface area (TPSA) is 32.3 Å². The Morgan fingerprint density at radius 2 is 2.00 bits per heavy atom. The van der Waals surface area contributed by atoms with E-state index in [1.807, 2.05) is 41.7 Å². The Balaban J connectivity index is 1.36. The number of carbonyl (C=O) groups excluding carboxylic acids is 1. The van der Waals surface area contributed by atoms with E-state index in [-0.39, 0.29) is 5.91 Å². The lowest BCUT2D eigenvalue weighted by atomic mass is 9.97. The Kier molecular flexibility index (Phi) is 6.68. The van der Waals surface area contributed by atoms with Gasteiger partial charge in [0.1, 0.15) is 0 Å². The number of nitrogens with zero attached hydrogens (tertiary/aromatic N) is 1. The van der Waals surface area contributed by atoms with Crippen molar-refractivity contribution in [2.45, 2.75) is 19.4 Å². The van der Waals surface area contributed by atoms with Crippen LogP contribution in [0.4, 0.5) is 0 Å². The first-order chi connectivity index (χ1) is 12.2. The van der Waals surface area contributed by atoms with Crippen molar-refractivity contribution in [1.82, 2.24) is 10.2 Å². The zero-order chi connectivity index (χ0) is 17.5. The molecule has 1 fully saturated rings. The Labute approximate surface area is 158 Å². The predicted molar refractivity (Wildman–Crippen MR) is 106 cm³/mol. The summed E-state index contributed by atoms with van der Waals surface area (Å²) in [7, 11) is 0. The summed E-state index contributed by atoms with van der Waals surface area (Å²) in [6, 6.07) is 11.8. The van der Waals surface area contributed by atoms with Crippen LogP contribution in [-0.2, 0) is 11.3 Å². The van der Waals surface area contributed by atoms with Crippen molar-refractivity contribution < 1.29 is 4.79 Å². The van der Waals surface area contributed by atoms with Crippen molar-refractivity contribution >= 4 is 34.9 Å². The Morgan fingerprint density at radius 3 is 2.68 bits per heavy atom. The molecular formula is C20H23ClN2OS. The molecule has 1 aromatic carbocycles. The largest absolute Gasteiger partial charge is 0.352 e. The summed E-state index contributed by atoms with van der Waals surface area (Å²) in [4.78, 5) is 15.9. The lowest BCUT2D eigenvalue weighted by molar-refractivity contribution is -0.116. The summed E-state index contributed by atoms with van der Waals surface area (Å²) < 4.78 is 0. The highest BCUT2D eigenvalue weighted by atomic mass is 35.5. The number of carbonyl (C=O) groups is 1. The summed E-state index contributed by atoms with van der Waals surface area (Å²) >= 11 is 7.68. The van der Waals surface area contributed by atoms with E-state index in [2.05, 4.69) is 27.7 Å². The zero-order valence-corrected chi connectivity index (χ0v) is 15.7. The van der Waals surface area contributed by atoms with Gasteiger partial charge in [0.25, 0.3) is 0 Å². The molecule has 2 aromatic rings. The third-order valence-corrected chi connectivity index (χ3v) is 5.64. The van der Waals surface area contributed by atoms with Crippen LogP contribution in [0.1, 0.15) is 23.3 Å². The zero-order valence-electron chi connectivity index (χ0n) is 14.2. The van der Waals surface area contributed by atoms with Gasteiger partial charge in [-0.05, 0) is 67.1 Å². The van der Waals surface area contributed by atoms with Crippen molar-refractivity contribution in [2.75, 3.05) is 19.6 Å². The van der Waals surface area contributed by atoms with Crippen LogP contribution >= 0.6 is 22.9 Å². The van der Waals surface area contributed by atoms with E-state index >= 15 is 0 Å². The van der Waals surface area contributed by atoms with E-state index in [1.54, 1.807) is 6.08 Å². The van der Waals surface area contributed by atoms with Gasteiger partial charge in [0.15, 0.2) is 0 Å². The highest BCUT2D eigenvalue weighted by molar-refractivity contribution is 7.09. The molecule has 0 radical (unpaired) electrons. The second-order valence-electron chi connectivity index (χ2n) is 6.43. The van der Waals surface area contributed by atoms with Crippen molar-refractivity contribution in [1.29, 1.82) is 0 Å². The number of amides is 1. The lowest BCUT2D eigenvalue weighted by Crippen LogP contribution is -2.37. The molecule has 1 aliphatic rings. The highest BCUT2D eigenvalue weighted by Crippen LogP contribution is 2.20. The maximum absolute atomic E-state index is 12.0. The predicted octanol–water partition coefficient (Wildman–Crippen LogP) is 4.44. The Bertz CT molecular complexity index is 689. The van der Waals surface area contributed by atoms with Gasteiger partial charge < -0.3 is 5.32 Å². The number of nitrogens with one attached hydrogen (secondary N) is 1. The van der Waals surface area contributed by atoms with Crippen LogP contribution in [0.3, 0.4) is 0 Å². The third-order valence-electron chi connectivity index (χ3n) is 4.53. The second kappa shape index (κ2) is 9.18. The van der Waals surface area contributed by atoms with E-state index in [0.29, 0.717) is 10.9 Å². The molecule has 1 aliphatic heterocycles. The van der Waals surface area contributed by atoms with Crippen LogP contribution < -0.4 is 5.32 Å². The fraction of sp³-hybridized carbons (Fsp3) is 0.350. The summed E-state index contributed by atoms with van der Waals surface area (Å²) in [5.41, 5.74) is 0.974. The van der Waals surface area contributed by atoms with Crippen LogP contribution in [-0.4, -0.2) is 30.4 Å². The van der Waals surface area contributed by atoms with Gasteiger partial charge in [0, 0.05) is 29.1 Å². The van der Waals surface area contributed by atoms with Gasteiger partial charge in [-0.15, -0.1) is 11.3 Å². The van der Waals surface area contributed by atoms with E-state index in [4.69, 9.17) is 11.6 Å². The number of piperidine rings is 1. The summed E-state index contributed by atoms with van der Waals surface area (Å²) in [5, 5.41) is 5.86. The van der Waals surface area contributed by atoms with Gasteiger partial charge in [-0.3, -0.25) is 9.69 Å². The molecule has 0 saturated carbocycles. The molecule has 1 aromatic heterocycles. The smallest absolute Gasteiger partial charge is 0.244 e. The molecule has 2 heterocycles. The molecule has 0 aliphatic carbocycles. The monoisotopic (exact) mass is 374 g/mol. The molecule has 0 unspecified atom stereocenters. The van der Waals surface area contributed by atoms with Gasteiger partial charge in [0.05, 0.1) is 0 Å². The molecule has 5 heteroatoms. The molecule has 3 rings (SSSR count). The molecule has 132 valence electrons. The Morgan fingerprint density at radius 1 is 1.24 bits per heavy atom. The van der Waals surface area contributed by atoms with E-state index < -0.39 is 0 Å². The van der Waals surface area contributed by atoms with Crippen LogP contribution in [0.5, 0.6) is 0 Å². The van der Waals surface area contributed by atoms with Crippen molar-refractivity contribution in [3.8, 4) is 0 Å².